The largest absolute Gasteiger partial charge is 0.481 e. The third kappa shape index (κ3) is 3.64. The molecule has 0 bridgehead atoms. The van der Waals surface area contributed by atoms with Gasteiger partial charge in [0.15, 0.2) is 0 Å². The Morgan fingerprint density at radius 3 is 2.43 bits per heavy atom. The molecule has 0 rings (SSSR count). The Labute approximate surface area is 85.4 Å². The molecule has 0 amide bonds. The predicted octanol–water partition coefficient (Wildman–Crippen LogP) is 1.10. The molecule has 0 aliphatic rings. The third-order valence-corrected chi connectivity index (χ3v) is 2.43. The summed E-state index contributed by atoms with van der Waals surface area (Å²) < 4.78 is 4.91. The molecule has 84 valence electrons. The molecule has 0 radical (unpaired) electrons. The van der Waals surface area contributed by atoms with Crippen LogP contribution in [0, 0.1) is 11.3 Å². The van der Waals surface area contributed by atoms with Crippen LogP contribution in [0.3, 0.4) is 0 Å². The van der Waals surface area contributed by atoms with Crippen LogP contribution in [0.4, 0.5) is 0 Å². The molecule has 0 saturated carbocycles. The lowest BCUT2D eigenvalue weighted by atomic mass is 9.77. The van der Waals surface area contributed by atoms with Gasteiger partial charge < -0.3 is 15.6 Å². The maximum absolute atomic E-state index is 11.2. The van der Waals surface area contributed by atoms with E-state index in [-0.39, 0.29) is 6.54 Å². The number of carbonyl (C=O) groups is 1. The second kappa shape index (κ2) is 5.98. The second-order valence-corrected chi connectivity index (χ2v) is 4.13. The van der Waals surface area contributed by atoms with Crippen molar-refractivity contribution in [2.45, 2.75) is 26.7 Å². The first-order valence-corrected chi connectivity index (χ1v) is 4.91. The first-order chi connectivity index (χ1) is 6.48. The van der Waals surface area contributed by atoms with E-state index in [2.05, 4.69) is 0 Å². The monoisotopic (exact) mass is 203 g/mol. The van der Waals surface area contributed by atoms with E-state index in [4.69, 9.17) is 15.6 Å². The molecule has 0 aliphatic heterocycles. The van der Waals surface area contributed by atoms with Crippen molar-refractivity contribution < 1.29 is 14.6 Å². The first-order valence-electron chi connectivity index (χ1n) is 4.91. The van der Waals surface area contributed by atoms with Crippen molar-refractivity contribution in [2.24, 2.45) is 17.1 Å². The highest BCUT2D eigenvalue weighted by atomic mass is 16.5. The van der Waals surface area contributed by atoms with Crippen molar-refractivity contribution in [3.63, 3.8) is 0 Å². The summed E-state index contributed by atoms with van der Waals surface area (Å²) in [6.45, 7) is 4.61. The zero-order valence-corrected chi connectivity index (χ0v) is 9.25. The second-order valence-electron chi connectivity index (χ2n) is 4.13. The van der Waals surface area contributed by atoms with Crippen LogP contribution in [0.25, 0.3) is 0 Å². The van der Waals surface area contributed by atoms with E-state index in [0.29, 0.717) is 25.4 Å². The quantitative estimate of drug-likeness (QED) is 0.650. The average molecular weight is 203 g/mol. The zero-order valence-electron chi connectivity index (χ0n) is 9.25. The Hall–Kier alpha value is -0.610. The maximum atomic E-state index is 11.2. The van der Waals surface area contributed by atoms with Crippen LogP contribution in [0.15, 0.2) is 0 Å². The number of hydrogen-bond donors (Lipinski definition) is 2. The lowest BCUT2D eigenvalue weighted by molar-refractivity contribution is -0.150. The van der Waals surface area contributed by atoms with Gasteiger partial charge in [0.25, 0.3) is 0 Å². The van der Waals surface area contributed by atoms with Gasteiger partial charge >= 0.3 is 5.97 Å². The molecule has 14 heavy (non-hydrogen) atoms. The van der Waals surface area contributed by atoms with Crippen molar-refractivity contribution in [3.05, 3.63) is 0 Å². The summed E-state index contributed by atoms with van der Waals surface area (Å²) in [5, 5.41) is 9.16. The van der Waals surface area contributed by atoms with E-state index in [1.54, 1.807) is 7.11 Å². The Balaban J connectivity index is 4.51. The van der Waals surface area contributed by atoms with Gasteiger partial charge in [0.05, 0.1) is 5.41 Å². The fourth-order valence-corrected chi connectivity index (χ4v) is 1.65. The van der Waals surface area contributed by atoms with Gasteiger partial charge in [-0.15, -0.1) is 0 Å². The number of aliphatic carboxylic acids is 1. The lowest BCUT2D eigenvalue weighted by Gasteiger charge is -2.29. The Bertz CT molecular complexity index is 182. The summed E-state index contributed by atoms with van der Waals surface area (Å²) in [6, 6.07) is 0. The molecule has 0 aromatic carbocycles. The average Bonchev–Trinajstić information content (AvgIpc) is 2.11. The van der Waals surface area contributed by atoms with Gasteiger partial charge in [0.1, 0.15) is 0 Å². The van der Waals surface area contributed by atoms with Crippen molar-refractivity contribution >= 4 is 5.97 Å². The number of carboxylic acids is 1. The number of methoxy groups -OCH3 is 1. The fourth-order valence-electron chi connectivity index (χ4n) is 1.65. The number of nitrogens with two attached hydrogens (primary N) is 1. The molecular formula is C10H21NO3. The smallest absolute Gasteiger partial charge is 0.311 e. The standard InChI is InChI=1S/C10H21NO3/c1-8(2)6-10(7-11,9(12)13)4-5-14-3/h8H,4-7,11H2,1-3H3,(H,12,13). The van der Waals surface area contributed by atoms with Crippen LogP contribution >= 0.6 is 0 Å². The summed E-state index contributed by atoms with van der Waals surface area (Å²) in [5.74, 6) is -0.489. The van der Waals surface area contributed by atoms with E-state index < -0.39 is 11.4 Å². The zero-order chi connectivity index (χ0) is 11.2. The number of carboxylic acid groups (broad SMARTS) is 1. The van der Waals surface area contributed by atoms with Crippen molar-refractivity contribution in [3.8, 4) is 0 Å². The molecule has 0 aliphatic carbocycles. The number of hydrogen-bond acceptors (Lipinski definition) is 3. The number of ether oxygens (including phenoxy) is 1. The van der Waals surface area contributed by atoms with Gasteiger partial charge in [-0.3, -0.25) is 4.79 Å². The highest BCUT2D eigenvalue weighted by molar-refractivity contribution is 5.75. The highest BCUT2D eigenvalue weighted by Crippen LogP contribution is 2.29. The normalized spacial score (nSPS) is 15.5. The minimum absolute atomic E-state index is 0.171. The Kier molecular flexibility index (Phi) is 5.72. The molecule has 0 spiro atoms. The molecule has 0 fully saturated rings. The molecular weight excluding hydrogens is 182 g/mol. The third-order valence-electron chi connectivity index (χ3n) is 2.43. The molecule has 1 unspecified atom stereocenters. The predicted molar refractivity (Wildman–Crippen MR) is 55.1 cm³/mol. The van der Waals surface area contributed by atoms with E-state index >= 15 is 0 Å². The van der Waals surface area contributed by atoms with Crippen LogP contribution in [-0.4, -0.2) is 31.3 Å². The van der Waals surface area contributed by atoms with Gasteiger partial charge in [-0.1, -0.05) is 13.8 Å². The number of rotatable bonds is 7. The lowest BCUT2D eigenvalue weighted by Crippen LogP contribution is -2.40. The molecule has 0 heterocycles. The van der Waals surface area contributed by atoms with Crippen molar-refractivity contribution in [1.82, 2.24) is 0 Å². The molecule has 4 heteroatoms. The van der Waals surface area contributed by atoms with Crippen molar-refractivity contribution in [2.75, 3.05) is 20.3 Å². The van der Waals surface area contributed by atoms with Gasteiger partial charge in [0.2, 0.25) is 0 Å². The SMILES string of the molecule is COCCC(CN)(CC(C)C)C(=O)O. The molecule has 0 saturated heterocycles. The fraction of sp³-hybridized carbons (Fsp3) is 0.900. The molecule has 4 nitrogen and oxygen atoms in total. The maximum Gasteiger partial charge on any atom is 0.311 e. The minimum Gasteiger partial charge on any atom is -0.481 e. The van der Waals surface area contributed by atoms with E-state index in [9.17, 15) is 4.79 Å². The summed E-state index contributed by atoms with van der Waals surface area (Å²) in [6.07, 6.45) is 1.08. The first kappa shape index (κ1) is 13.4. The molecule has 3 N–H and O–H groups in total. The van der Waals surface area contributed by atoms with Crippen LogP contribution in [0.1, 0.15) is 26.7 Å². The van der Waals surface area contributed by atoms with Gasteiger partial charge in [-0.05, 0) is 18.8 Å². The van der Waals surface area contributed by atoms with Gasteiger partial charge in [0, 0.05) is 20.3 Å². The van der Waals surface area contributed by atoms with E-state index in [1.165, 1.54) is 0 Å². The van der Waals surface area contributed by atoms with Crippen LogP contribution < -0.4 is 5.73 Å². The van der Waals surface area contributed by atoms with E-state index in [1.807, 2.05) is 13.8 Å². The Morgan fingerprint density at radius 2 is 2.14 bits per heavy atom. The van der Waals surface area contributed by atoms with Crippen LogP contribution in [0.2, 0.25) is 0 Å². The van der Waals surface area contributed by atoms with Gasteiger partial charge in [-0.2, -0.15) is 0 Å². The topological polar surface area (TPSA) is 72.5 Å². The van der Waals surface area contributed by atoms with Crippen LogP contribution in [0.5, 0.6) is 0 Å². The summed E-state index contributed by atoms with van der Waals surface area (Å²) in [4.78, 5) is 11.2. The van der Waals surface area contributed by atoms with Crippen LogP contribution in [-0.2, 0) is 9.53 Å². The Morgan fingerprint density at radius 1 is 1.57 bits per heavy atom. The van der Waals surface area contributed by atoms with Crippen molar-refractivity contribution in [1.29, 1.82) is 0 Å². The minimum atomic E-state index is -0.815. The van der Waals surface area contributed by atoms with Gasteiger partial charge in [-0.25, -0.2) is 0 Å². The highest BCUT2D eigenvalue weighted by Gasteiger charge is 2.37. The summed E-state index contributed by atoms with van der Waals surface area (Å²) >= 11 is 0. The summed E-state index contributed by atoms with van der Waals surface area (Å²) in [5.41, 5.74) is 4.75. The van der Waals surface area contributed by atoms with E-state index in [0.717, 1.165) is 0 Å². The summed E-state index contributed by atoms with van der Waals surface area (Å²) in [7, 11) is 1.57. The molecule has 1 atom stereocenters. The molecule has 0 aromatic heterocycles. The molecule has 0 aromatic rings.